The summed E-state index contributed by atoms with van der Waals surface area (Å²) in [5, 5.41) is 7.09. The highest BCUT2D eigenvalue weighted by Gasteiger charge is 2.16. The fourth-order valence-electron chi connectivity index (χ4n) is 2.81. The normalized spacial score (nSPS) is 12.7. The van der Waals surface area contributed by atoms with Crippen LogP contribution in [0.4, 0.5) is 0 Å². The second-order valence-electron chi connectivity index (χ2n) is 5.20. The quantitative estimate of drug-likeness (QED) is 0.756. The number of aryl methyl sites for hydroxylation is 1. The third kappa shape index (κ3) is 2.85. The topological polar surface area (TPSA) is 24.9 Å². The van der Waals surface area contributed by atoms with Crippen molar-refractivity contribution in [3.8, 4) is 0 Å². The second kappa shape index (κ2) is 6.37. The van der Waals surface area contributed by atoms with E-state index in [0.29, 0.717) is 0 Å². The summed E-state index contributed by atoms with van der Waals surface area (Å²) in [6, 6.07) is 13.1. The first-order valence-corrected chi connectivity index (χ1v) is 8.27. The maximum atomic E-state index is 4.62. The molecular weight excluding hydrogens is 276 g/mol. The van der Waals surface area contributed by atoms with Gasteiger partial charge >= 0.3 is 0 Å². The van der Waals surface area contributed by atoms with Crippen molar-refractivity contribution in [2.45, 2.75) is 25.8 Å². The van der Waals surface area contributed by atoms with Gasteiger partial charge in [-0.3, -0.25) is 4.98 Å². The van der Waals surface area contributed by atoms with Crippen LogP contribution in [0.3, 0.4) is 0 Å². The number of benzene rings is 1. The van der Waals surface area contributed by atoms with E-state index in [9.17, 15) is 0 Å². The minimum Gasteiger partial charge on any atom is -0.311 e. The molecule has 0 fully saturated rings. The fourth-order valence-corrected chi connectivity index (χ4v) is 3.79. The number of pyridine rings is 1. The molecule has 2 nitrogen and oxygen atoms in total. The Morgan fingerprint density at radius 1 is 1.14 bits per heavy atom. The lowest BCUT2D eigenvalue weighted by atomic mass is 9.98. The Balaban J connectivity index is 1.94. The molecule has 0 saturated carbocycles. The van der Waals surface area contributed by atoms with Crippen LogP contribution < -0.4 is 5.32 Å². The molecule has 3 rings (SSSR count). The van der Waals surface area contributed by atoms with Gasteiger partial charge in [0.25, 0.3) is 0 Å². The lowest BCUT2D eigenvalue weighted by Gasteiger charge is -2.18. The van der Waals surface area contributed by atoms with Crippen LogP contribution in [0.5, 0.6) is 0 Å². The lowest BCUT2D eigenvalue weighted by molar-refractivity contribution is 0.572. The van der Waals surface area contributed by atoms with E-state index in [-0.39, 0.29) is 6.04 Å². The van der Waals surface area contributed by atoms with E-state index >= 15 is 0 Å². The van der Waals surface area contributed by atoms with Crippen LogP contribution in [0.25, 0.3) is 10.1 Å². The summed E-state index contributed by atoms with van der Waals surface area (Å²) in [5.74, 6) is 0. The Bertz CT molecular complexity index is 733. The van der Waals surface area contributed by atoms with Crippen LogP contribution in [-0.4, -0.2) is 12.0 Å². The van der Waals surface area contributed by atoms with Gasteiger partial charge in [0.2, 0.25) is 0 Å². The van der Waals surface area contributed by atoms with E-state index in [1.54, 1.807) is 0 Å². The highest BCUT2D eigenvalue weighted by Crippen LogP contribution is 2.29. The van der Waals surface area contributed by atoms with Crippen LogP contribution in [0, 0.1) is 0 Å². The summed E-state index contributed by atoms with van der Waals surface area (Å²) >= 11 is 1.82. The monoisotopic (exact) mass is 296 g/mol. The van der Waals surface area contributed by atoms with Crippen molar-refractivity contribution in [2.24, 2.45) is 0 Å². The Hall–Kier alpha value is -1.71. The number of aromatic nitrogens is 1. The Kier molecular flexibility index (Phi) is 4.32. The van der Waals surface area contributed by atoms with E-state index in [1.165, 1.54) is 26.9 Å². The fraction of sp³-hybridized carbons (Fsp3) is 0.278. The van der Waals surface area contributed by atoms with Crippen molar-refractivity contribution in [1.82, 2.24) is 10.3 Å². The third-order valence-electron chi connectivity index (χ3n) is 3.97. The number of thiophene rings is 1. The number of rotatable bonds is 5. The van der Waals surface area contributed by atoms with Gasteiger partial charge in [-0.25, -0.2) is 0 Å². The van der Waals surface area contributed by atoms with Crippen molar-refractivity contribution in [2.75, 3.05) is 7.05 Å². The molecule has 21 heavy (non-hydrogen) atoms. The first-order valence-electron chi connectivity index (χ1n) is 7.39. The van der Waals surface area contributed by atoms with Crippen LogP contribution in [0.1, 0.15) is 29.8 Å². The molecule has 0 bridgehead atoms. The third-order valence-corrected chi connectivity index (χ3v) is 4.98. The van der Waals surface area contributed by atoms with Crippen LogP contribution in [0.15, 0.2) is 48.0 Å². The van der Waals surface area contributed by atoms with E-state index in [0.717, 1.165) is 12.8 Å². The van der Waals surface area contributed by atoms with Gasteiger partial charge in [-0.15, -0.1) is 11.3 Å². The molecule has 0 spiro atoms. The average molecular weight is 296 g/mol. The lowest BCUT2D eigenvalue weighted by Crippen LogP contribution is -2.21. The number of hydrogen-bond donors (Lipinski definition) is 1. The molecule has 108 valence electrons. The maximum absolute atomic E-state index is 4.62. The van der Waals surface area contributed by atoms with Crippen molar-refractivity contribution in [1.29, 1.82) is 0 Å². The van der Waals surface area contributed by atoms with Crippen LogP contribution in [0.2, 0.25) is 0 Å². The van der Waals surface area contributed by atoms with Gasteiger partial charge in [0.15, 0.2) is 0 Å². The van der Waals surface area contributed by atoms with E-state index in [4.69, 9.17) is 0 Å². The number of hydrogen-bond acceptors (Lipinski definition) is 3. The van der Waals surface area contributed by atoms with Gasteiger partial charge in [-0.05, 0) is 53.9 Å². The average Bonchev–Trinajstić information content (AvgIpc) is 2.95. The molecule has 0 aliphatic heterocycles. The molecular formula is C18H20N2S. The summed E-state index contributed by atoms with van der Waals surface area (Å²) in [7, 11) is 2.02. The molecule has 2 aromatic heterocycles. The van der Waals surface area contributed by atoms with Gasteiger partial charge in [0.05, 0.1) is 11.7 Å². The van der Waals surface area contributed by atoms with Crippen LogP contribution >= 0.6 is 11.3 Å². The van der Waals surface area contributed by atoms with E-state index in [2.05, 4.69) is 52.9 Å². The van der Waals surface area contributed by atoms with Crippen molar-refractivity contribution < 1.29 is 0 Å². The summed E-state index contributed by atoms with van der Waals surface area (Å²) in [5.41, 5.74) is 3.91. The molecule has 0 radical (unpaired) electrons. The SMILES string of the molecule is CCc1cccnc1C(Cc1csc2ccccc12)NC. The summed E-state index contributed by atoms with van der Waals surface area (Å²) in [6.45, 7) is 2.19. The first kappa shape index (κ1) is 14.2. The minimum atomic E-state index is 0.263. The van der Waals surface area contributed by atoms with Gasteiger partial charge in [0, 0.05) is 10.9 Å². The molecule has 0 aliphatic carbocycles. The Labute approximate surface area is 129 Å². The molecule has 0 amide bonds. The second-order valence-corrected chi connectivity index (χ2v) is 6.12. The molecule has 3 heteroatoms. The molecule has 1 N–H and O–H groups in total. The predicted molar refractivity (Wildman–Crippen MR) is 90.9 cm³/mol. The van der Waals surface area contributed by atoms with Gasteiger partial charge in [-0.2, -0.15) is 0 Å². The van der Waals surface area contributed by atoms with Crippen molar-refractivity contribution in [3.63, 3.8) is 0 Å². The molecule has 1 unspecified atom stereocenters. The first-order chi connectivity index (χ1) is 10.3. The minimum absolute atomic E-state index is 0.263. The van der Waals surface area contributed by atoms with Gasteiger partial charge < -0.3 is 5.32 Å². The van der Waals surface area contributed by atoms with Crippen LogP contribution in [-0.2, 0) is 12.8 Å². The number of fused-ring (bicyclic) bond motifs is 1. The number of likely N-dealkylation sites (N-methyl/N-ethyl adjacent to an activating group) is 1. The molecule has 2 heterocycles. The van der Waals surface area contributed by atoms with Gasteiger partial charge in [-0.1, -0.05) is 31.2 Å². The smallest absolute Gasteiger partial charge is 0.0608 e. The molecule has 1 atom stereocenters. The van der Waals surface area contributed by atoms with Crippen molar-refractivity contribution >= 4 is 21.4 Å². The van der Waals surface area contributed by atoms with Crippen molar-refractivity contribution in [3.05, 3.63) is 64.8 Å². The highest BCUT2D eigenvalue weighted by molar-refractivity contribution is 7.17. The zero-order chi connectivity index (χ0) is 14.7. The van der Waals surface area contributed by atoms with Gasteiger partial charge in [0.1, 0.15) is 0 Å². The summed E-state index contributed by atoms with van der Waals surface area (Å²) < 4.78 is 1.36. The number of nitrogens with one attached hydrogen (secondary N) is 1. The Morgan fingerprint density at radius 2 is 2.00 bits per heavy atom. The molecule has 0 aliphatic rings. The predicted octanol–water partition coefficient (Wildman–Crippen LogP) is 4.36. The maximum Gasteiger partial charge on any atom is 0.0608 e. The summed E-state index contributed by atoms with van der Waals surface area (Å²) in [4.78, 5) is 4.62. The Morgan fingerprint density at radius 3 is 2.81 bits per heavy atom. The largest absolute Gasteiger partial charge is 0.311 e. The zero-order valence-electron chi connectivity index (χ0n) is 12.5. The highest BCUT2D eigenvalue weighted by atomic mass is 32.1. The van der Waals surface area contributed by atoms with E-state index < -0.39 is 0 Å². The van der Waals surface area contributed by atoms with E-state index in [1.807, 2.05) is 30.6 Å². The standard InChI is InChI=1S/C18H20N2S/c1-3-13-7-6-10-20-18(13)16(19-2)11-14-12-21-17-9-5-4-8-15(14)17/h4-10,12,16,19H,3,11H2,1-2H3. The zero-order valence-corrected chi connectivity index (χ0v) is 13.3. The molecule has 3 aromatic rings. The number of nitrogens with zero attached hydrogens (tertiary/aromatic N) is 1. The summed E-state index contributed by atoms with van der Waals surface area (Å²) in [6.07, 6.45) is 3.89. The molecule has 0 saturated heterocycles. The molecule has 1 aromatic carbocycles.